The highest BCUT2D eigenvalue weighted by Crippen LogP contribution is 2.29. The van der Waals surface area contributed by atoms with Gasteiger partial charge in [-0.1, -0.05) is 18.2 Å². The normalized spacial score (nSPS) is 10.3. The van der Waals surface area contributed by atoms with Crippen molar-refractivity contribution in [1.82, 2.24) is 15.0 Å². The van der Waals surface area contributed by atoms with E-state index >= 15 is 0 Å². The Hall–Kier alpha value is -3.68. The van der Waals surface area contributed by atoms with Crippen LogP contribution < -0.4 is 16.4 Å². The van der Waals surface area contributed by atoms with Gasteiger partial charge in [0.05, 0.1) is 17.9 Å². The zero-order valence-corrected chi connectivity index (χ0v) is 15.1. The number of nitrogens with one attached hydrogen (secondary N) is 2. The summed E-state index contributed by atoms with van der Waals surface area (Å²) < 4.78 is 5.09. The number of aromatic nitrogens is 3. The maximum Gasteiger partial charge on any atom is 0.340 e. The average molecular weight is 364 g/mol. The molecule has 0 spiro atoms. The molecule has 2 aromatic heterocycles. The number of para-hydroxylation sites is 1. The van der Waals surface area contributed by atoms with Crippen molar-refractivity contribution in [2.45, 2.75) is 13.8 Å². The van der Waals surface area contributed by atoms with Crippen LogP contribution in [0.1, 0.15) is 22.8 Å². The lowest BCUT2D eigenvalue weighted by molar-refractivity contribution is 0.0527. The minimum atomic E-state index is -0.421. The molecule has 0 atom stereocenters. The number of nitrogens with zero attached hydrogens (tertiary/aromatic N) is 3. The molecule has 3 aromatic rings. The number of rotatable bonds is 6. The summed E-state index contributed by atoms with van der Waals surface area (Å²) >= 11 is 0. The van der Waals surface area contributed by atoms with E-state index in [2.05, 4.69) is 25.6 Å². The molecule has 4 N–H and O–H groups in total. The van der Waals surface area contributed by atoms with Gasteiger partial charge < -0.3 is 21.1 Å². The lowest BCUT2D eigenvalue weighted by atomic mass is 10.2. The number of aryl methyl sites for hydroxylation is 1. The van der Waals surface area contributed by atoms with E-state index in [1.807, 2.05) is 19.1 Å². The van der Waals surface area contributed by atoms with Gasteiger partial charge >= 0.3 is 5.97 Å². The van der Waals surface area contributed by atoms with Crippen LogP contribution in [0.2, 0.25) is 0 Å². The van der Waals surface area contributed by atoms with Gasteiger partial charge in [-0.15, -0.1) is 0 Å². The Bertz CT molecular complexity index is 943. The monoisotopic (exact) mass is 364 g/mol. The molecule has 8 nitrogen and oxygen atoms in total. The Kier molecular flexibility index (Phi) is 5.46. The van der Waals surface area contributed by atoms with E-state index in [9.17, 15) is 4.79 Å². The first-order chi connectivity index (χ1) is 13.1. The molecule has 0 aliphatic carbocycles. The summed E-state index contributed by atoms with van der Waals surface area (Å²) in [6.07, 6.45) is 3.12. The molecule has 1 aromatic carbocycles. The van der Waals surface area contributed by atoms with Gasteiger partial charge in [0.1, 0.15) is 17.8 Å². The smallest absolute Gasteiger partial charge is 0.340 e. The van der Waals surface area contributed by atoms with Gasteiger partial charge in [0.2, 0.25) is 0 Å². The fourth-order valence-corrected chi connectivity index (χ4v) is 2.36. The van der Waals surface area contributed by atoms with Crippen LogP contribution in [-0.4, -0.2) is 27.5 Å². The highest BCUT2D eigenvalue weighted by Gasteiger charge is 2.15. The van der Waals surface area contributed by atoms with E-state index in [0.29, 0.717) is 41.0 Å². The van der Waals surface area contributed by atoms with Gasteiger partial charge in [-0.2, -0.15) is 0 Å². The third-order valence-corrected chi connectivity index (χ3v) is 3.72. The number of benzene rings is 1. The fourth-order valence-electron chi connectivity index (χ4n) is 2.36. The van der Waals surface area contributed by atoms with Crippen LogP contribution in [0.3, 0.4) is 0 Å². The number of hydrogen-bond donors (Lipinski definition) is 3. The highest BCUT2D eigenvalue weighted by molar-refractivity contribution is 5.97. The fraction of sp³-hybridized carbons (Fsp3) is 0.158. The number of pyridine rings is 1. The summed E-state index contributed by atoms with van der Waals surface area (Å²) in [6.45, 7) is 4.01. The van der Waals surface area contributed by atoms with Crippen LogP contribution in [0.4, 0.5) is 28.8 Å². The van der Waals surface area contributed by atoms with Crippen LogP contribution in [0.15, 0.2) is 48.9 Å². The Morgan fingerprint density at radius 2 is 1.81 bits per heavy atom. The van der Waals surface area contributed by atoms with Crippen molar-refractivity contribution in [1.29, 1.82) is 0 Å². The molecule has 138 valence electrons. The first kappa shape index (κ1) is 18.1. The lowest BCUT2D eigenvalue weighted by Crippen LogP contribution is -2.10. The van der Waals surface area contributed by atoms with E-state index in [0.717, 1.165) is 5.56 Å². The predicted molar refractivity (Wildman–Crippen MR) is 104 cm³/mol. The van der Waals surface area contributed by atoms with Crippen LogP contribution >= 0.6 is 0 Å². The van der Waals surface area contributed by atoms with Gasteiger partial charge in [-0.05, 0) is 37.6 Å². The van der Waals surface area contributed by atoms with Crippen molar-refractivity contribution >= 4 is 34.8 Å². The predicted octanol–water partition coefficient (Wildman–Crippen LogP) is 3.43. The summed E-state index contributed by atoms with van der Waals surface area (Å²) in [5, 5.41) is 6.14. The topological polar surface area (TPSA) is 115 Å². The first-order valence-electron chi connectivity index (χ1n) is 8.41. The minimum Gasteiger partial charge on any atom is -0.462 e. The zero-order valence-electron chi connectivity index (χ0n) is 15.1. The molecule has 0 saturated heterocycles. The van der Waals surface area contributed by atoms with E-state index in [-0.39, 0.29) is 0 Å². The molecule has 27 heavy (non-hydrogen) atoms. The summed E-state index contributed by atoms with van der Waals surface area (Å²) in [4.78, 5) is 24.7. The Morgan fingerprint density at radius 1 is 1.07 bits per heavy atom. The van der Waals surface area contributed by atoms with E-state index < -0.39 is 5.97 Å². The molecule has 0 radical (unpaired) electrons. The molecule has 0 bridgehead atoms. The molecule has 0 aliphatic heterocycles. The van der Waals surface area contributed by atoms with Gasteiger partial charge in [0.15, 0.2) is 11.6 Å². The third-order valence-electron chi connectivity index (χ3n) is 3.72. The number of anilines is 5. The van der Waals surface area contributed by atoms with E-state index in [4.69, 9.17) is 10.5 Å². The number of ether oxygens (including phenoxy) is 1. The molecule has 0 amide bonds. The minimum absolute atomic E-state index is 0.292. The highest BCUT2D eigenvalue weighted by atomic mass is 16.5. The maximum absolute atomic E-state index is 12.1. The van der Waals surface area contributed by atoms with Gasteiger partial charge in [0.25, 0.3) is 0 Å². The number of hydrogen-bond acceptors (Lipinski definition) is 8. The van der Waals surface area contributed by atoms with Gasteiger partial charge in [-0.3, -0.25) is 0 Å². The number of esters is 1. The Labute approximate surface area is 156 Å². The lowest BCUT2D eigenvalue weighted by Gasteiger charge is -2.14. The largest absolute Gasteiger partial charge is 0.462 e. The summed E-state index contributed by atoms with van der Waals surface area (Å²) in [5.74, 6) is 0.980. The molecule has 0 aliphatic rings. The second-order valence-corrected chi connectivity index (χ2v) is 5.72. The van der Waals surface area contributed by atoms with Crippen molar-refractivity contribution in [3.63, 3.8) is 0 Å². The number of nitrogen functional groups attached to an aromatic ring is 1. The molecular formula is C19H20N6O2. The maximum atomic E-state index is 12.1. The third kappa shape index (κ3) is 4.30. The summed E-state index contributed by atoms with van der Waals surface area (Å²) in [7, 11) is 0. The Morgan fingerprint density at radius 3 is 2.52 bits per heavy atom. The van der Waals surface area contributed by atoms with Crippen molar-refractivity contribution in [3.05, 3.63) is 60.0 Å². The summed E-state index contributed by atoms with van der Waals surface area (Å²) in [6, 6.07) is 10.8. The molecule has 0 saturated carbocycles. The zero-order chi connectivity index (χ0) is 19.2. The SMILES string of the molecule is CCOC(=O)c1ccccc1Nc1ncnc(Nc2ccc(C)cn2)c1N. The number of carbonyl (C=O) groups is 1. The Balaban J connectivity index is 1.87. The van der Waals surface area contributed by atoms with Crippen LogP contribution in [0, 0.1) is 6.92 Å². The molecule has 0 fully saturated rings. The quantitative estimate of drug-likeness (QED) is 0.570. The van der Waals surface area contributed by atoms with Crippen LogP contribution in [0.5, 0.6) is 0 Å². The van der Waals surface area contributed by atoms with Gasteiger partial charge in [0, 0.05) is 6.20 Å². The van der Waals surface area contributed by atoms with Crippen LogP contribution in [0.25, 0.3) is 0 Å². The van der Waals surface area contributed by atoms with Crippen molar-refractivity contribution in [3.8, 4) is 0 Å². The van der Waals surface area contributed by atoms with Crippen LogP contribution in [-0.2, 0) is 4.74 Å². The second-order valence-electron chi connectivity index (χ2n) is 5.72. The van der Waals surface area contributed by atoms with E-state index in [1.54, 1.807) is 37.4 Å². The number of nitrogens with two attached hydrogens (primary N) is 1. The van der Waals surface area contributed by atoms with Gasteiger partial charge in [-0.25, -0.2) is 19.7 Å². The van der Waals surface area contributed by atoms with Crippen molar-refractivity contribution in [2.75, 3.05) is 23.0 Å². The van der Waals surface area contributed by atoms with Crippen molar-refractivity contribution < 1.29 is 9.53 Å². The molecule has 2 heterocycles. The average Bonchev–Trinajstić information content (AvgIpc) is 2.67. The second kappa shape index (κ2) is 8.13. The summed E-state index contributed by atoms with van der Waals surface area (Å²) in [5.41, 5.74) is 8.49. The molecular weight excluding hydrogens is 344 g/mol. The number of carbonyl (C=O) groups excluding carboxylic acids is 1. The molecule has 3 rings (SSSR count). The standard InChI is InChI=1S/C19H20N6O2/c1-3-27-19(26)13-6-4-5-7-14(13)24-17-16(20)18(23-11-22-17)25-15-9-8-12(2)10-21-15/h4-11H,3,20H2,1-2H3,(H2,21,22,23,24,25). The molecule has 8 heteroatoms. The first-order valence-corrected chi connectivity index (χ1v) is 8.41. The van der Waals surface area contributed by atoms with Crippen molar-refractivity contribution in [2.24, 2.45) is 0 Å². The molecule has 0 unspecified atom stereocenters. The van der Waals surface area contributed by atoms with E-state index in [1.165, 1.54) is 6.33 Å².